The highest BCUT2D eigenvalue weighted by Gasteiger charge is 2.20. The highest BCUT2D eigenvalue weighted by atomic mass is 35.5. The van der Waals surface area contributed by atoms with E-state index in [1.807, 2.05) is 0 Å². The van der Waals surface area contributed by atoms with Gasteiger partial charge in [0, 0.05) is 18.1 Å². The summed E-state index contributed by atoms with van der Waals surface area (Å²) in [6.07, 6.45) is 3.46. The standard InChI is InChI=1S/C16H11ClF2N2O2S/c17-13-5-3-11(18)9-16(13)24(22,23)20-15-10-12(4-6-14(15)19)21-7-1-2-8-21/h1-10,20H. The molecular weight excluding hydrogens is 358 g/mol. The third kappa shape index (κ3) is 3.27. The molecular formula is C16H11ClF2N2O2S. The molecule has 8 heteroatoms. The van der Waals surface area contributed by atoms with Crippen molar-refractivity contribution in [3.63, 3.8) is 0 Å². The molecule has 0 spiro atoms. The van der Waals surface area contributed by atoms with Crippen molar-refractivity contribution in [3.05, 3.63) is 77.6 Å². The summed E-state index contributed by atoms with van der Waals surface area (Å²) >= 11 is 5.82. The Balaban J connectivity index is 2.01. The summed E-state index contributed by atoms with van der Waals surface area (Å²) in [6, 6.07) is 10.5. The van der Waals surface area contributed by atoms with Crippen LogP contribution in [-0.4, -0.2) is 13.0 Å². The number of sulfonamides is 1. The number of hydrogen-bond acceptors (Lipinski definition) is 2. The minimum Gasteiger partial charge on any atom is -0.324 e. The van der Waals surface area contributed by atoms with E-state index in [0.717, 1.165) is 24.3 Å². The van der Waals surface area contributed by atoms with Gasteiger partial charge in [-0.15, -0.1) is 0 Å². The minimum absolute atomic E-state index is 0.161. The molecule has 0 saturated carbocycles. The fourth-order valence-electron chi connectivity index (χ4n) is 2.14. The van der Waals surface area contributed by atoms with Crippen LogP contribution in [0.15, 0.2) is 65.8 Å². The lowest BCUT2D eigenvalue weighted by Crippen LogP contribution is -2.15. The Bertz CT molecular complexity index is 989. The second-order valence-corrected chi connectivity index (χ2v) is 6.99. The zero-order valence-corrected chi connectivity index (χ0v) is 13.7. The van der Waals surface area contributed by atoms with Gasteiger partial charge in [-0.25, -0.2) is 17.2 Å². The molecule has 3 aromatic rings. The fourth-order valence-corrected chi connectivity index (χ4v) is 3.71. The van der Waals surface area contributed by atoms with E-state index in [2.05, 4.69) is 4.72 Å². The van der Waals surface area contributed by atoms with Gasteiger partial charge < -0.3 is 4.57 Å². The van der Waals surface area contributed by atoms with Gasteiger partial charge in [-0.1, -0.05) is 11.6 Å². The Morgan fingerprint density at radius 1 is 1.00 bits per heavy atom. The first-order valence-corrected chi connectivity index (χ1v) is 8.64. The SMILES string of the molecule is O=S(=O)(Nc1cc(-n2cccc2)ccc1F)c1cc(F)ccc1Cl. The molecule has 0 aliphatic carbocycles. The van der Waals surface area contributed by atoms with Gasteiger partial charge in [-0.3, -0.25) is 4.72 Å². The molecule has 1 heterocycles. The van der Waals surface area contributed by atoms with Gasteiger partial charge in [0.2, 0.25) is 0 Å². The molecule has 3 rings (SSSR count). The summed E-state index contributed by atoms with van der Waals surface area (Å²) in [5.74, 6) is -1.52. The maximum Gasteiger partial charge on any atom is 0.263 e. The molecule has 0 unspecified atom stereocenters. The monoisotopic (exact) mass is 368 g/mol. The molecule has 1 N–H and O–H groups in total. The summed E-state index contributed by atoms with van der Waals surface area (Å²) < 4.78 is 55.9. The topological polar surface area (TPSA) is 51.1 Å². The molecule has 0 bridgehead atoms. The van der Waals surface area contributed by atoms with Gasteiger partial charge in [0.1, 0.15) is 16.5 Å². The van der Waals surface area contributed by atoms with E-state index >= 15 is 0 Å². The molecule has 1 aromatic heterocycles. The van der Waals surface area contributed by atoms with Crippen molar-refractivity contribution in [2.45, 2.75) is 4.90 Å². The van der Waals surface area contributed by atoms with Crippen LogP contribution in [0.1, 0.15) is 0 Å². The molecule has 0 saturated heterocycles. The highest BCUT2D eigenvalue weighted by molar-refractivity contribution is 7.92. The van der Waals surface area contributed by atoms with E-state index in [0.29, 0.717) is 5.69 Å². The third-order valence-corrected chi connectivity index (χ3v) is 5.13. The second-order valence-electron chi connectivity index (χ2n) is 4.93. The van der Waals surface area contributed by atoms with E-state index in [4.69, 9.17) is 11.6 Å². The quantitative estimate of drug-likeness (QED) is 0.750. The van der Waals surface area contributed by atoms with Crippen molar-refractivity contribution >= 4 is 27.3 Å². The zero-order valence-electron chi connectivity index (χ0n) is 12.1. The average Bonchev–Trinajstić information content (AvgIpc) is 3.06. The van der Waals surface area contributed by atoms with Crippen LogP contribution in [0.5, 0.6) is 0 Å². The third-order valence-electron chi connectivity index (χ3n) is 3.28. The van der Waals surface area contributed by atoms with E-state index in [1.54, 1.807) is 29.1 Å². The lowest BCUT2D eigenvalue weighted by atomic mass is 10.2. The van der Waals surface area contributed by atoms with Crippen molar-refractivity contribution < 1.29 is 17.2 Å². The second kappa shape index (κ2) is 6.26. The minimum atomic E-state index is -4.25. The van der Waals surface area contributed by atoms with Gasteiger partial charge in [-0.05, 0) is 48.5 Å². The maximum atomic E-state index is 14.0. The van der Waals surface area contributed by atoms with Crippen LogP contribution in [0, 0.1) is 11.6 Å². The molecule has 0 fully saturated rings. The molecule has 0 aliphatic heterocycles. The van der Waals surface area contributed by atoms with Crippen LogP contribution in [-0.2, 0) is 10.0 Å². The largest absolute Gasteiger partial charge is 0.324 e. The van der Waals surface area contributed by atoms with Crippen LogP contribution in [0.4, 0.5) is 14.5 Å². The average molecular weight is 369 g/mol. The molecule has 24 heavy (non-hydrogen) atoms. The van der Waals surface area contributed by atoms with Crippen molar-refractivity contribution in [1.82, 2.24) is 4.57 Å². The molecule has 0 aliphatic rings. The van der Waals surface area contributed by atoms with Gasteiger partial charge in [0.05, 0.1) is 10.7 Å². The van der Waals surface area contributed by atoms with Crippen molar-refractivity contribution in [3.8, 4) is 5.69 Å². The molecule has 0 amide bonds. The molecule has 124 valence electrons. The first-order chi connectivity index (χ1) is 11.4. The van der Waals surface area contributed by atoms with Crippen molar-refractivity contribution in [1.29, 1.82) is 0 Å². The number of aromatic nitrogens is 1. The van der Waals surface area contributed by atoms with Crippen LogP contribution in [0.2, 0.25) is 5.02 Å². The molecule has 0 radical (unpaired) electrons. The van der Waals surface area contributed by atoms with E-state index < -0.39 is 26.6 Å². The van der Waals surface area contributed by atoms with Gasteiger partial charge >= 0.3 is 0 Å². The lowest BCUT2D eigenvalue weighted by molar-refractivity contribution is 0.593. The predicted octanol–water partition coefficient (Wildman–Crippen LogP) is 4.21. The lowest BCUT2D eigenvalue weighted by Gasteiger charge is -2.12. The number of halogens is 3. The van der Waals surface area contributed by atoms with Crippen LogP contribution >= 0.6 is 11.6 Å². The van der Waals surface area contributed by atoms with Crippen LogP contribution < -0.4 is 4.72 Å². The molecule has 2 aromatic carbocycles. The number of anilines is 1. The fraction of sp³-hybridized carbons (Fsp3) is 0. The molecule has 4 nitrogen and oxygen atoms in total. The highest BCUT2D eigenvalue weighted by Crippen LogP contribution is 2.27. The van der Waals surface area contributed by atoms with E-state index in [9.17, 15) is 17.2 Å². The normalized spacial score (nSPS) is 11.5. The Labute approximate surface area is 142 Å². The molecule has 0 atom stereocenters. The van der Waals surface area contributed by atoms with Gasteiger partial charge in [0.15, 0.2) is 0 Å². The number of hydrogen-bond donors (Lipinski definition) is 1. The first-order valence-electron chi connectivity index (χ1n) is 6.77. The number of nitrogens with zero attached hydrogens (tertiary/aromatic N) is 1. The van der Waals surface area contributed by atoms with E-state index in [1.165, 1.54) is 12.1 Å². The first kappa shape index (κ1) is 16.5. The maximum absolute atomic E-state index is 14.0. The van der Waals surface area contributed by atoms with Crippen molar-refractivity contribution in [2.75, 3.05) is 4.72 Å². The summed E-state index contributed by atoms with van der Waals surface area (Å²) in [5.41, 5.74) is 0.297. The summed E-state index contributed by atoms with van der Waals surface area (Å²) in [6.45, 7) is 0. The zero-order chi connectivity index (χ0) is 17.3. The Morgan fingerprint density at radius 3 is 2.42 bits per heavy atom. The van der Waals surface area contributed by atoms with Crippen LogP contribution in [0.25, 0.3) is 5.69 Å². The summed E-state index contributed by atoms with van der Waals surface area (Å²) in [5, 5.41) is -0.161. The van der Waals surface area contributed by atoms with Crippen molar-refractivity contribution in [2.24, 2.45) is 0 Å². The Hall–Kier alpha value is -2.38. The summed E-state index contributed by atoms with van der Waals surface area (Å²) in [7, 11) is -4.25. The number of rotatable bonds is 4. The summed E-state index contributed by atoms with van der Waals surface area (Å²) in [4.78, 5) is -0.463. The predicted molar refractivity (Wildman–Crippen MR) is 87.9 cm³/mol. The Morgan fingerprint density at radius 2 is 1.71 bits per heavy atom. The van der Waals surface area contributed by atoms with Crippen LogP contribution in [0.3, 0.4) is 0 Å². The van der Waals surface area contributed by atoms with E-state index in [-0.39, 0.29) is 10.7 Å². The smallest absolute Gasteiger partial charge is 0.263 e. The Kier molecular flexibility index (Phi) is 4.29. The van der Waals surface area contributed by atoms with Gasteiger partial charge in [-0.2, -0.15) is 0 Å². The number of benzene rings is 2. The van der Waals surface area contributed by atoms with Gasteiger partial charge in [0.25, 0.3) is 10.0 Å². The number of nitrogens with one attached hydrogen (secondary N) is 1.